The molecule has 0 aliphatic carbocycles. The zero-order chi connectivity index (χ0) is 15.2. The number of hydrogen-bond donors (Lipinski definition) is 1. The van der Waals surface area contributed by atoms with Crippen molar-refractivity contribution in [3.05, 3.63) is 34.4 Å². The minimum Gasteiger partial charge on any atom is -0.465 e. The Balaban J connectivity index is 2.64. The Hall–Kier alpha value is -2.04. The van der Waals surface area contributed by atoms with Crippen LogP contribution < -0.4 is 5.48 Å². The molecule has 0 amide bonds. The summed E-state index contributed by atoms with van der Waals surface area (Å²) >= 11 is 0. The highest BCUT2D eigenvalue weighted by Crippen LogP contribution is 2.16. The number of nitrogens with one attached hydrogen (secondary N) is 1. The van der Waals surface area contributed by atoms with Crippen LogP contribution in [0.2, 0.25) is 0 Å². The predicted octanol–water partition coefficient (Wildman–Crippen LogP) is 0.368. The van der Waals surface area contributed by atoms with Crippen molar-refractivity contribution in [1.29, 1.82) is 0 Å². The number of hydroxylamine groups is 1. The molecule has 0 heterocycles. The number of carbonyl (C=O) groups is 1. The zero-order valence-corrected chi connectivity index (χ0v) is 11.3. The second-order valence-corrected chi connectivity index (χ2v) is 4.96. The molecular formula is C10H12N2O7S. The fourth-order valence-corrected chi connectivity index (χ4v) is 1.94. The molecule has 1 rings (SSSR count). The number of nitrogens with zero attached hydrogens (tertiary/aromatic N) is 1. The third kappa shape index (κ3) is 4.57. The van der Waals surface area contributed by atoms with E-state index in [1.165, 1.54) is 0 Å². The third-order valence-electron chi connectivity index (χ3n) is 2.03. The van der Waals surface area contributed by atoms with Crippen LogP contribution in [-0.4, -0.2) is 32.5 Å². The van der Waals surface area contributed by atoms with Crippen molar-refractivity contribution in [2.75, 3.05) is 13.2 Å². The molecule has 0 aliphatic heterocycles. The highest BCUT2D eigenvalue weighted by molar-refractivity contribution is 7.86. The van der Waals surface area contributed by atoms with Crippen LogP contribution in [0.5, 0.6) is 0 Å². The van der Waals surface area contributed by atoms with Crippen molar-refractivity contribution in [3.8, 4) is 0 Å². The molecule has 0 saturated carbocycles. The van der Waals surface area contributed by atoms with E-state index in [1.54, 1.807) is 6.92 Å². The number of hydrogen-bond acceptors (Lipinski definition) is 8. The van der Waals surface area contributed by atoms with Gasteiger partial charge in [0.25, 0.3) is 5.69 Å². The van der Waals surface area contributed by atoms with Gasteiger partial charge in [0, 0.05) is 12.1 Å². The average Bonchev–Trinajstić information content (AvgIpc) is 2.39. The monoisotopic (exact) mass is 304 g/mol. The molecule has 0 unspecified atom stereocenters. The molecule has 1 aromatic rings. The SMILES string of the molecule is CCOC(=O)CNOS(=O)(=O)c1ccc([N+](=O)[O-])cc1. The predicted molar refractivity (Wildman–Crippen MR) is 66.0 cm³/mol. The molecule has 0 aliphatic rings. The van der Waals surface area contributed by atoms with Crippen molar-refractivity contribution >= 4 is 21.8 Å². The smallest absolute Gasteiger partial charge is 0.322 e. The van der Waals surface area contributed by atoms with Gasteiger partial charge in [0.15, 0.2) is 0 Å². The van der Waals surface area contributed by atoms with Gasteiger partial charge in [-0.1, -0.05) is 0 Å². The maximum atomic E-state index is 11.6. The van der Waals surface area contributed by atoms with E-state index in [4.69, 9.17) is 0 Å². The molecular weight excluding hydrogens is 292 g/mol. The van der Waals surface area contributed by atoms with Crippen LogP contribution >= 0.6 is 0 Å². The fraction of sp³-hybridized carbons (Fsp3) is 0.300. The van der Waals surface area contributed by atoms with E-state index in [9.17, 15) is 23.3 Å². The minimum absolute atomic E-state index is 0.162. The molecule has 0 fully saturated rings. The van der Waals surface area contributed by atoms with E-state index in [2.05, 4.69) is 9.02 Å². The van der Waals surface area contributed by atoms with Crippen molar-refractivity contribution in [3.63, 3.8) is 0 Å². The van der Waals surface area contributed by atoms with E-state index in [1.807, 2.05) is 5.48 Å². The number of non-ortho nitro benzene ring substituents is 1. The van der Waals surface area contributed by atoms with Crippen LogP contribution in [0.1, 0.15) is 6.92 Å². The molecule has 0 spiro atoms. The molecule has 0 saturated heterocycles. The van der Waals surface area contributed by atoms with Gasteiger partial charge in [-0.25, -0.2) is 0 Å². The lowest BCUT2D eigenvalue weighted by molar-refractivity contribution is -0.384. The number of rotatable bonds is 7. The van der Waals surface area contributed by atoms with E-state index >= 15 is 0 Å². The van der Waals surface area contributed by atoms with Crippen molar-refractivity contribution in [1.82, 2.24) is 5.48 Å². The van der Waals surface area contributed by atoms with E-state index in [0.29, 0.717) is 0 Å². The number of benzene rings is 1. The summed E-state index contributed by atoms with van der Waals surface area (Å²) in [6.45, 7) is 1.32. The Labute approximate surface area is 114 Å². The first-order valence-corrected chi connectivity index (χ1v) is 6.84. The first kappa shape index (κ1) is 16.0. The number of esters is 1. The van der Waals surface area contributed by atoms with Gasteiger partial charge in [-0.15, -0.1) is 0 Å². The highest BCUT2D eigenvalue weighted by atomic mass is 32.2. The summed E-state index contributed by atoms with van der Waals surface area (Å²) in [5.41, 5.74) is 1.70. The Morgan fingerprint density at radius 2 is 1.95 bits per heavy atom. The molecule has 0 bridgehead atoms. The van der Waals surface area contributed by atoms with Crippen molar-refractivity contribution in [2.24, 2.45) is 0 Å². The van der Waals surface area contributed by atoms with Crippen LogP contribution in [0.3, 0.4) is 0 Å². The summed E-state index contributed by atoms with van der Waals surface area (Å²) in [5.74, 6) is -0.675. The summed E-state index contributed by atoms with van der Waals surface area (Å²) in [4.78, 5) is 20.4. The van der Waals surface area contributed by atoms with Gasteiger partial charge in [-0.2, -0.15) is 18.2 Å². The molecule has 10 heteroatoms. The Kier molecular flexibility index (Phi) is 5.55. The quantitative estimate of drug-likeness (QED) is 0.435. The summed E-state index contributed by atoms with van der Waals surface area (Å²) in [6, 6.07) is 4.11. The molecule has 20 heavy (non-hydrogen) atoms. The number of carbonyl (C=O) groups excluding carboxylic acids is 1. The van der Waals surface area contributed by atoms with Crippen LogP contribution in [0.25, 0.3) is 0 Å². The standard InChI is InChI=1S/C10H12N2O7S/c1-2-18-10(13)7-11-19-20(16,17)9-5-3-8(4-6-9)12(14)15/h3-6,11H,2,7H2,1H3. The topological polar surface area (TPSA) is 125 Å². The van der Waals surface area contributed by atoms with Gasteiger partial charge in [0.1, 0.15) is 6.54 Å². The van der Waals surface area contributed by atoms with Gasteiger partial charge in [-0.3, -0.25) is 14.9 Å². The molecule has 0 radical (unpaired) electrons. The van der Waals surface area contributed by atoms with E-state index in [0.717, 1.165) is 24.3 Å². The van der Waals surface area contributed by atoms with Gasteiger partial charge in [0.05, 0.1) is 16.4 Å². The van der Waals surface area contributed by atoms with Gasteiger partial charge >= 0.3 is 16.1 Å². The molecule has 0 aromatic heterocycles. The number of nitro groups is 1. The number of ether oxygens (including phenoxy) is 1. The fourth-order valence-electron chi connectivity index (χ4n) is 1.16. The van der Waals surface area contributed by atoms with E-state index in [-0.39, 0.29) is 17.2 Å². The average molecular weight is 304 g/mol. The highest BCUT2D eigenvalue weighted by Gasteiger charge is 2.17. The summed E-state index contributed by atoms with van der Waals surface area (Å²) < 4.78 is 32.2. The molecule has 1 N–H and O–H groups in total. The zero-order valence-electron chi connectivity index (χ0n) is 10.4. The third-order valence-corrected chi connectivity index (χ3v) is 3.21. The minimum atomic E-state index is -4.15. The first-order chi connectivity index (χ1) is 9.36. The van der Waals surface area contributed by atoms with Gasteiger partial charge in [-0.05, 0) is 19.1 Å². The molecule has 1 aromatic carbocycles. The largest absolute Gasteiger partial charge is 0.465 e. The second-order valence-electron chi connectivity index (χ2n) is 3.41. The summed E-state index contributed by atoms with van der Waals surface area (Å²) in [7, 11) is -4.15. The van der Waals surface area contributed by atoms with Gasteiger partial charge in [0.2, 0.25) is 0 Å². The lowest BCUT2D eigenvalue weighted by Gasteiger charge is -2.06. The van der Waals surface area contributed by atoms with Crippen LogP contribution in [0, 0.1) is 10.1 Å². The van der Waals surface area contributed by atoms with Crippen LogP contribution in [0.15, 0.2) is 29.2 Å². The Bertz CT molecular complexity index is 582. The summed E-state index contributed by atoms with van der Waals surface area (Å²) in [6.07, 6.45) is 0. The van der Waals surface area contributed by atoms with Crippen LogP contribution in [-0.2, 0) is 23.9 Å². The molecule has 9 nitrogen and oxygen atoms in total. The van der Waals surface area contributed by atoms with Gasteiger partial charge < -0.3 is 4.74 Å². The Morgan fingerprint density at radius 1 is 1.35 bits per heavy atom. The van der Waals surface area contributed by atoms with Crippen LogP contribution in [0.4, 0.5) is 5.69 Å². The number of nitro benzene ring substituents is 1. The van der Waals surface area contributed by atoms with Crippen molar-refractivity contribution in [2.45, 2.75) is 11.8 Å². The lowest BCUT2D eigenvalue weighted by Crippen LogP contribution is -2.27. The molecule has 0 atom stereocenters. The first-order valence-electron chi connectivity index (χ1n) is 5.43. The lowest BCUT2D eigenvalue weighted by atomic mass is 10.3. The maximum absolute atomic E-state index is 11.6. The summed E-state index contributed by atoms with van der Waals surface area (Å²) in [5, 5.41) is 10.4. The second kappa shape index (κ2) is 6.93. The molecule has 110 valence electrons. The van der Waals surface area contributed by atoms with E-state index < -0.39 is 27.6 Å². The normalized spacial score (nSPS) is 11.1. The van der Waals surface area contributed by atoms with Crippen molar-refractivity contribution < 1.29 is 27.2 Å². The Morgan fingerprint density at radius 3 is 2.45 bits per heavy atom. The maximum Gasteiger partial charge on any atom is 0.322 e.